The number of benzene rings is 4. The van der Waals surface area contributed by atoms with Crippen molar-refractivity contribution in [2.45, 2.75) is 205 Å². The van der Waals surface area contributed by atoms with Crippen LogP contribution in [0, 0.1) is 22.7 Å². The molecule has 104 heavy (non-hydrogen) atoms. The second-order valence-electron chi connectivity index (χ2n) is 30.9. The highest BCUT2D eigenvalue weighted by molar-refractivity contribution is 5.94. The Kier molecular flexibility index (Phi) is 20.8. The normalized spacial score (nSPS) is 26.4. The van der Waals surface area contributed by atoms with E-state index in [9.17, 15) is 54.6 Å². The van der Waals surface area contributed by atoms with Gasteiger partial charge in [-0.15, -0.1) is 5.10 Å². The molecule has 3 saturated heterocycles. The summed E-state index contributed by atoms with van der Waals surface area (Å²) in [5.74, 6) is -6.48. The van der Waals surface area contributed by atoms with Crippen LogP contribution in [0.15, 0.2) is 114 Å². The molecule has 7 N–H and O–H groups in total. The number of phenolic OH excluding ortho intramolecular Hbond substituents is 2. The lowest BCUT2D eigenvalue weighted by Crippen LogP contribution is -2.81. The van der Waals surface area contributed by atoms with E-state index in [4.69, 9.17) is 28.4 Å². The highest BCUT2D eigenvalue weighted by atomic mass is 16.6. The molecule has 3 aliphatic heterocycles. The molecule has 556 valence electrons. The summed E-state index contributed by atoms with van der Waals surface area (Å²) in [6.45, 7) is 19.0. The van der Waals surface area contributed by atoms with Crippen LogP contribution >= 0.6 is 0 Å². The largest absolute Gasteiger partial charge is 0.508 e. The quantitative estimate of drug-likeness (QED) is 0.0226. The minimum absolute atomic E-state index is 0.0343. The minimum atomic E-state index is -2.48. The fraction of sp³-hybridized carbons (Fsp3) is 0.526. The van der Waals surface area contributed by atoms with Gasteiger partial charge in [-0.1, -0.05) is 81.3 Å². The molecular formula is C78H95N7O19. The summed E-state index contributed by atoms with van der Waals surface area (Å²) < 4.78 is 40.4. The Morgan fingerprint density at radius 3 is 2.14 bits per heavy atom. The van der Waals surface area contributed by atoms with Gasteiger partial charge in [0.25, 0.3) is 0 Å². The van der Waals surface area contributed by atoms with Gasteiger partial charge >= 0.3 is 36.0 Å². The topological polar surface area (TPSA) is 350 Å². The van der Waals surface area contributed by atoms with Gasteiger partial charge < -0.3 is 78.7 Å². The number of aromatic hydroxyl groups is 3. The van der Waals surface area contributed by atoms with Crippen LogP contribution in [0.3, 0.4) is 0 Å². The van der Waals surface area contributed by atoms with E-state index >= 15 is 9.59 Å². The highest BCUT2D eigenvalue weighted by Gasteiger charge is 2.78. The molecule has 2 amide bonds. The fourth-order valence-corrected chi connectivity index (χ4v) is 17.1. The second kappa shape index (κ2) is 29.0. The molecule has 6 aromatic rings. The number of fused-ring (bicyclic) bond motifs is 6. The van der Waals surface area contributed by atoms with Crippen molar-refractivity contribution in [2.24, 2.45) is 22.7 Å². The fourth-order valence-electron chi connectivity index (χ4n) is 17.1. The van der Waals surface area contributed by atoms with Crippen LogP contribution in [0.2, 0.25) is 0 Å². The standard InChI is InChI=1S/C78H95N7O19/c1-43(2)52-38-53(56(88)39-55(52)87)69-80-81-72(96)85(69)51-21-22-54-49(37-51)28-34-83(54)33-27-46-25-31-82(32-26-46)50-29-35-84(36-30-50)60(90)23-24-61(91)101-65(63(47-17-13-11-14-18-47)79-73(97)104-74(5,6)7)71(95)100-57-41-78(98)68(102-70(94)48-19-15-12-16-20-48)66-76(10,67(93)64(92)62(44(57)3)75(78,8)9)58(89)40-59-77(66,42-99-59)103-45(4)86/h11-22,28,34,37-39,43,46,50,57-59,63-66,68,87-89,92,98H,23-27,29-33,35-36,40-42H2,1-10H3,(H,79,97)(H,81,96)/t57-,58-,59+,63-,64+,65+,66-,68-,76+,77-,78+/m0/s1. The first-order valence-electron chi connectivity index (χ1n) is 35.9. The number of alkyl carbamates (subject to hydrolysis) is 1. The van der Waals surface area contributed by atoms with Gasteiger partial charge in [0.1, 0.15) is 53.2 Å². The Bertz CT molecular complexity index is 4280. The van der Waals surface area contributed by atoms with Crippen molar-refractivity contribution in [3.8, 4) is 34.6 Å². The number of Topliss-reactive ketones (excluding diaryl/α,β-unsaturated/α-hetero) is 1. The molecule has 5 fully saturated rings. The number of amides is 2. The number of nitrogens with zero attached hydrogens (tertiary/aromatic N) is 6. The van der Waals surface area contributed by atoms with Crippen LogP contribution in [0.5, 0.6) is 17.5 Å². The summed E-state index contributed by atoms with van der Waals surface area (Å²) in [5.41, 5.74) is -6.38. The molecule has 5 heterocycles. The molecule has 12 rings (SSSR count). The minimum Gasteiger partial charge on any atom is -0.508 e. The lowest BCUT2D eigenvalue weighted by molar-refractivity contribution is -0.346. The maximum absolute atomic E-state index is 15.5. The van der Waals surface area contributed by atoms with Gasteiger partial charge in [-0.05, 0) is 156 Å². The lowest BCUT2D eigenvalue weighted by atomic mass is 9.44. The van der Waals surface area contributed by atoms with Crippen molar-refractivity contribution in [1.82, 2.24) is 34.4 Å². The van der Waals surface area contributed by atoms with Gasteiger partial charge in [0.15, 0.2) is 17.2 Å². The molecule has 6 aliphatic rings. The molecule has 3 aliphatic carbocycles. The van der Waals surface area contributed by atoms with E-state index in [-0.39, 0.29) is 82.9 Å². The van der Waals surface area contributed by atoms with Crippen LogP contribution in [0.1, 0.15) is 160 Å². The van der Waals surface area contributed by atoms with E-state index in [1.165, 1.54) is 50.5 Å². The van der Waals surface area contributed by atoms with E-state index in [1.807, 2.05) is 38.1 Å². The summed E-state index contributed by atoms with van der Waals surface area (Å²) in [5, 5.41) is 82.8. The maximum Gasteiger partial charge on any atom is 0.408 e. The summed E-state index contributed by atoms with van der Waals surface area (Å²) >= 11 is 0. The zero-order valence-electron chi connectivity index (χ0n) is 60.4. The smallest absolute Gasteiger partial charge is 0.408 e. The number of rotatable bonds is 19. The maximum atomic E-state index is 15.5. The van der Waals surface area contributed by atoms with Crippen molar-refractivity contribution in [3.63, 3.8) is 0 Å². The summed E-state index contributed by atoms with van der Waals surface area (Å²) in [4.78, 5) is 105. The summed E-state index contributed by atoms with van der Waals surface area (Å²) in [7, 11) is 0. The average Bonchev–Trinajstić information content (AvgIpc) is 0.791. The molecule has 0 spiro atoms. The molecule has 2 bridgehead atoms. The molecule has 11 atom stereocenters. The zero-order valence-corrected chi connectivity index (χ0v) is 60.4. The number of esters is 4. The van der Waals surface area contributed by atoms with Gasteiger partial charge in [0.2, 0.25) is 12.0 Å². The Morgan fingerprint density at radius 2 is 1.50 bits per heavy atom. The third kappa shape index (κ3) is 14.1. The Morgan fingerprint density at radius 1 is 0.817 bits per heavy atom. The van der Waals surface area contributed by atoms with Gasteiger partial charge in [-0.3, -0.25) is 19.2 Å². The molecule has 26 heteroatoms. The summed E-state index contributed by atoms with van der Waals surface area (Å²) in [6.07, 6.45) is -6.51. The van der Waals surface area contributed by atoms with Crippen LogP contribution in [-0.2, 0) is 58.9 Å². The third-order valence-electron chi connectivity index (χ3n) is 22.8. The number of likely N-dealkylation sites (tertiary alicyclic amines) is 2. The van der Waals surface area contributed by atoms with Crippen molar-refractivity contribution in [1.29, 1.82) is 0 Å². The van der Waals surface area contributed by atoms with E-state index in [2.05, 4.69) is 31.2 Å². The number of ketones is 1. The first-order valence-corrected chi connectivity index (χ1v) is 35.9. The molecular weight excluding hydrogens is 1340 g/mol. The van der Waals surface area contributed by atoms with E-state index in [0.717, 1.165) is 69.6 Å². The second-order valence-corrected chi connectivity index (χ2v) is 30.9. The molecule has 4 aromatic carbocycles. The lowest BCUT2D eigenvalue weighted by Gasteiger charge is -2.67. The van der Waals surface area contributed by atoms with E-state index in [1.54, 1.807) is 80.3 Å². The van der Waals surface area contributed by atoms with E-state index < -0.39 is 125 Å². The number of aliphatic hydroxyl groups excluding tert-OH is 2. The highest BCUT2D eigenvalue weighted by Crippen LogP contribution is 2.64. The predicted octanol–water partition coefficient (Wildman–Crippen LogP) is 8.83. The monoisotopic (exact) mass is 1430 g/mol. The number of phenols is 2. The molecule has 0 radical (unpaired) electrons. The average molecular weight is 1430 g/mol. The van der Waals surface area contributed by atoms with Crippen LogP contribution < -0.4 is 5.32 Å². The number of aryl methyl sites for hydroxylation is 1. The Labute approximate surface area is 603 Å². The van der Waals surface area contributed by atoms with E-state index in [0.29, 0.717) is 35.8 Å². The first kappa shape index (κ1) is 74.5. The molecule has 2 aromatic heterocycles. The van der Waals surface area contributed by atoms with Crippen LogP contribution in [-0.4, -0.2) is 194 Å². The number of carbonyl (C=O) groups excluding carboxylic acids is 7. The number of aromatic nitrogens is 4. The van der Waals surface area contributed by atoms with Crippen molar-refractivity contribution in [3.05, 3.63) is 131 Å². The van der Waals surface area contributed by atoms with Crippen molar-refractivity contribution < 1.29 is 92.6 Å². The number of hydrogen-bond acceptors (Lipinski definition) is 22. The Balaban J connectivity index is 0.719. The van der Waals surface area contributed by atoms with Crippen molar-refractivity contribution in [2.75, 3.05) is 32.8 Å². The van der Waals surface area contributed by atoms with Gasteiger partial charge in [-0.2, -0.15) is 0 Å². The van der Waals surface area contributed by atoms with Crippen LogP contribution in [0.4, 0.5) is 4.79 Å². The number of ether oxygens (including phenoxy) is 6. The predicted molar refractivity (Wildman–Crippen MR) is 377 cm³/mol. The summed E-state index contributed by atoms with van der Waals surface area (Å²) in [6, 6.07) is 25.1. The third-order valence-corrected chi connectivity index (χ3v) is 22.8. The molecule has 0 unspecified atom stereocenters. The van der Waals surface area contributed by atoms with Crippen LogP contribution in [0.25, 0.3) is 28.0 Å². The molecule has 2 saturated carbocycles. The number of hydrogen-bond donors (Lipinski definition) is 7. The van der Waals surface area contributed by atoms with Gasteiger partial charge in [-0.25, -0.2) is 19.0 Å². The number of nitrogens with one attached hydrogen (secondary N) is 1. The number of carbonyl (C=O) groups is 7. The number of aliphatic hydroxyl groups is 3. The van der Waals surface area contributed by atoms with Gasteiger partial charge in [0, 0.05) is 80.4 Å². The molecule has 26 nitrogen and oxygen atoms in total. The van der Waals surface area contributed by atoms with Gasteiger partial charge in [0.05, 0.1) is 47.3 Å². The number of piperidine rings is 2. The zero-order chi connectivity index (χ0) is 74.7. The Hall–Kier alpha value is -9.21. The first-order chi connectivity index (χ1) is 49.2. The SMILES string of the molecule is CC(=O)O[C@@]12CO[C@@H]1C[C@H](O)[C@@]1(C)C(=O)[C@H](O)C3=C(C)[C@@H](OC(=O)[C@H](OC(=O)CCC(=O)N4CCC(N5CCC(CCn6ccc7cc(-n8c(O)nnc8-c8cc(C(C)C)c(O)cc8O)ccc76)CC5)CC4)[C@@H](NC(=O)OC(C)(C)C)c4ccccc4)C[C@@](O)([C@@H](OC(=O)c4ccccc4)[C@H]21)C3(C)C. The van der Waals surface area contributed by atoms with Crippen molar-refractivity contribution >= 4 is 52.6 Å².